The Balaban J connectivity index is 1.20. The molecule has 0 bridgehead atoms. The number of aromatic nitrogens is 4. The Morgan fingerprint density at radius 2 is 1.96 bits per heavy atom. The van der Waals surface area contributed by atoms with E-state index in [1.807, 2.05) is 39.0 Å². The Morgan fingerprint density at radius 1 is 1.16 bits per heavy atom. The fraction of sp³-hybridized carbons (Fsp3) is 0.406. The van der Waals surface area contributed by atoms with Gasteiger partial charge in [0.05, 0.1) is 31.0 Å². The van der Waals surface area contributed by atoms with Crippen molar-refractivity contribution >= 4 is 29.2 Å². The molecule has 11 nitrogen and oxygen atoms in total. The van der Waals surface area contributed by atoms with Crippen LogP contribution in [0.4, 0.5) is 15.0 Å². The number of carbonyl (C=O) groups excluding carboxylic acids is 2. The minimum Gasteiger partial charge on any atom is -0.444 e. The predicted molar refractivity (Wildman–Crippen MR) is 168 cm³/mol. The van der Waals surface area contributed by atoms with Gasteiger partial charge in [-0.2, -0.15) is 5.10 Å². The summed E-state index contributed by atoms with van der Waals surface area (Å²) in [5.41, 5.74) is 3.50. The molecule has 0 aliphatic carbocycles. The molecule has 0 saturated heterocycles. The third-order valence-corrected chi connectivity index (χ3v) is 9.00. The third kappa shape index (κ3) is 6.35. The van der Waals surface area contributed by atoms with E-state index in [1.54, 1.807) is 41.1 Å². The van der Waals surface area contributed by atoms with Gasteiger partial charge < -0.3 is 15.4 Å². The zero-order valence-corrected chi connectivity index (χ0v) is 26.8. The second-order valence-corrected chi connectivity index (χ2v) is 13.8. The van der Waals surface area contributed by atoms with Gasteiger partial charge in [-0.15, -0.1) is 11.3 Å². The van der Waals surface area contributed by atoms with E-state index >= 15 is 0 Å². The van der Waals surface area contributed by atoms with Gasteiger partial charge in [0, 0.05) is 29.5 Å². The zero-order chi connectivity index (χ0) is 32.0. The molecule has 0 radical (unpaired) electrons. The topological polar surface area (TPSA) is 123 Å². The molecule has 1 atom stereocenters. The molecule has 0 spiro atoms. The summed E-state index contributed by atoms with van der Waals surface area (Å²) < 4.78 is 22.7. The van der Waals surface area contributed by atoms with Crippen LogP contribution in [-0.4, -0.2) is 41.8 Å². The number of rotatable bonds is 7. The minimum absolute atomic E-state index is 0.0841. The van der Waals surface area contributed by atoms with Gasteiger partial charge in [-0.1, -0.05) is 6.07 Å². The largest absolute Gasteiger partial charge is 0.444 e. The number of hydrogen-bond donors (Lipinski definition) is 2. The van der Waals surface area contributed by atoms with Crippen molar-refractivity contribution in [3.05, 3.63) is 84.8 Å². The van der Waals surface area contributed by atoms with E-state index in [0.717, 1.165) is 26.6 Å². The number of ether oxygens (including phenoxy) is 1. The predicted octanol–water partition coefficient (Wildman–Crippen LogP) is 4.82. The summed E-state index contributed by atoms with van der Waals surface area (Å²) in [6.45, 7) is 8.78. The highest BCUT2D eigenvalue weighted by Crippen LogP contribution is 2.34. The monoisotopic (exact) mass is 633 g/mol. The molecule has 4 aromatic rings. The number of fused-ring (bicyclic) bond motifs is 2. The molecule has 0 saturated carbocycles. The standard InChI is InChI=1S/C32H36FN7O4S/c1-18-10-19(12-21(33)11-18)14-34-28-30(42)40-24(27(37-28)23-8-9-36-38(23)5)6-7-25(40)29(41)35-15-22-13-20-16-39(17-26(20)45-22)31(43)44-32(2,3)4/h8-13,25H,6-7,14-17H2,1-5H3,(H,34,37)(H,35,41). The van der Waals surface area contributed by atoms with Crippen LogP contribution in [0.5, 0.6) is 0 Å². The molecule has 13 heteroatoms. The highest BCUT2D eigenvalue weighted by Gasteiger charge is 2.34. The highest BCUT2D eigenvalue weighted by molar-refractivity contribution is 7.12. The fourth-order valence-corrected chi connectivity index (χ4v) is 7.02. The number of carbonyl (C=O) groups is 2. The van der Waals surface area contributed by atoms with Gasteiger partial charge in [-0.05, 0) is 81.5 Å². The summed E-state index contributed by atoms with van der Waals surface area (Å²) in [5, 5.41) is 10.4. The smallest absolute Gasteiger partial charge is 0.410 e. The van der Waals surface area contributed by atoms with E-state index in [0.29, 0.717) is 49.4 Å². The van der Waals surface area contributed by atoms with Crippen molar-refractivity contribution in [1.29, 1.82) is 0 Å². The van der Waals surface area contributed by atoms with Crippen LogP contribution in [0.3, 0.4) is 0 Å². The lowest BCUT2D eigenvalue weighted by Crippen LogP contribution is -2.36. The first-order chi connectivity index (χ1) is 21.4. The number of thiophene rings is 1. The molecular weight excluding hydrogens is 597 g/mol. The fourth-order valence-electron chi connectivity index (χ4n) is 5.89. The van der Waals surface area contributed by atoms with E-state index in [9.17, 15) is 18.8 Å². The van der Waals surface area contributed by atoms with Crippen LogP contribution >= 0.6 is 11.3 Å². The lowest BCUT2D eigenvalue weighted by Gasteiger charge is -2.24. The van der Waals surface area contributed by atoms with E-state index in [4.69, 9.17) is 9.72 Å². The number of aryl methyl sites for hydroxylation is 2. The number of nitrogens with zero attached hydrogens (tertiary/aromatic N) is 5. The van der Waals surface area contributed by atoms with Crippen molar-refractivity contribution in [2.45, 2.75) is 78.4 Å². The maximum atomic E-state index is 14.0. The quantitative estimate of drug-likeness (QED) is 0.299. The van der Waals surface area contributed by atoms with Crippen LogP contribution < -0.4 is 16.2 Å². The Morgan fingerprint density at radius 3 is 2.64 bits per heavy atom. The van der Waals surface area contributed by atoms with Crippen LogP contribution in [0.15, 0.2) is 41.3 Å². The molecule has 2 N–H and O–H groups in total. The number of amides is 2. The Bertz CT molecular complexity index is 1810. The normalized spacial score (nSPS) is 15.6. The maximum Gasteiger partial charge on any atom is 0.410 e. The number of hydrogen-bond acceptors (Lipinski definition) is 8. The van der Waals surface area contributed by atoms with Gasteiger partial charge in [-0.25, -0.2) is 14.2 Å². The van der Waals surface area contributed by atoms with Crippen LogP contribution in [0.25, 0.3) is 11.4 Å². The summed E-state index contributed by atoms with van der Waals surface area (Å²) in [7, 11) is 1.80. The maximum absolute atomic E-state index is 14.0. The van der Waals surface area contributed by atoms with E-state index < -0.39 is 17.2 Å². The second kappa shape index (κ2) is 11.8. The first-order valence-electron chi connectivity index (χ1n) is 14.9. The Kier molecular flexibility index (Phi) is 7.98. The van der Waals surface area contributed by atoms with Gasteiger partial charge in [0.25, 0.3) is 5.56 Å². The van der Waals surface area contributed by atoms with Crippen molar-refractivity contribution in [3.63, 3.8) is 0 Å². The molecule has 5 heterocycles. The molecule has 2 aliphatic heterocycles. The van der Waals surface area contributed by atoms with Crippen molar-refractivity contribution in [2.75, 3.05) is 5.32 Å². The van der Waals surface area contributed by atoms with Gasteiger partial charge in [0.15, 0.2) is 5.82 Å². The van der Waals surface area contributed by atoms with E-state index in [1.165, 1.54) is 16.7 Å². The molecule has 45 heavy (non-hydrogen) atoms. The van der Waals surface area contributed by atoms with Crippen LogP contribution in [0.2, 0.25) is 0 Å². The summed E-state index contributed by atoms with van der Waals surface area (Å²) in [6, 6.07) is 7.82. The molecular formula is C32H36FN7O4S. The summed E-state index contributed by atoms with van der Waals surface area (Å²) >= 11 is 1.56. The number of anilines is 1. The molecule has 3 aromatic heterocycles. The number of nitrogens with one attached hydrogen (secondary N) is 2. The molecule has 2 amide bonds. The third-order valence-electron chi connectivity index (χ3n) is 7.84. The first kappa shape index (κ1) is 30.5. The summed E-state index contributed by atoms with van der Waals surface area (Å²) in [4.78, 5) is 48.3. The van der Waals surface area contributed by atoms with Gasteiger partial charge >= 0.3 is 6.09 Å². The summed E-state index contributed by atoms with van der Waals surface area (Å²) in [6.07, 6.45) is 2.27. The van der Waals surface area contributed by atoms with Crippen LogP contribution in [0.1, 0.15) is 65.4 Å². The molecule has 2 aliphatic rings. The average molecular weight is 634 g/mol. The van der Waals surface area contributed by atoms with Crippen molar-refractivity contribution in [3.8, 4) is 11.4 Å². The number of halogens is 1. The average Bonchev–Trinajstić information content (AvgIpc) is 3.73. The van der Waals surface area contributed by atoms with Gasteiger partial charge in [0.2, 0.25) is 5.91 Å². The van der Waals surface area contributed by atoms with E-state index in [2.05, 4.69) is 15.7 Å². The van der Waals surface area contributed by atoms with Crippen LogP contribution in [-0.2, 0) is 49.2 Å². The molecule has 236 valence electrons. The van der Waals surface area contributed by atoms with Crippen molar-refractivity contribution < 1.29 is 18.7 Å². The zero-order valence-electron chi connectivity index (χ0n) is 25.9. The highest BCUT2D eigenvalue weighted by atomic mass is 32.1. The Labute approximate surface area is 264 Å². The van der Waals surface area contributed by atoms with Crippen LogP contribution in [0, 0.1) is 12.7 Å². The Hall–Kier alpha value is -4.52. The second-order valence-electron chi connectivity index (χ2n) is 12.5. The summed E-state index contributed by atoms with van der Waals surface area (Å²) in [5.74, 6) is -0.525. The molecule has 1 aromatic carbocycles. The molecule has 6 rings (SSSR count). The van der Waals surface area contributed by atoms with Crippen molar-refractivity contribution in [1.82, 2.24) is 29.5 Å². The minimum atomic E-state index is -0.714. The van der Waals surface area contributed by atoms with E-state index in [-0.39, 0.29) is 30.2 Å². The lowest BCUT2D eigenvalue weighted by molar-refractivity contribution is -0.124. The van der Waals surface area contributed by atoms with Gasteiger partial charge in [-0.3, -0.25) is 23.7 Å². The lowest BCUT2D eigenvalue weighted by atomic mass is 10.1. The molecule has 1 unspecified atom stereocenters. The van der Waals surface area contributed by atoms with Crippen molar-refractivity contribution in [2.24, 2.45) is 7.05 Å². The van der Waals surface area contributed by atoms with Gasteiger partial charge in [0.1, 0.15) is 23.2 Å². The molecule has 0 fully saturated rings. The number of benzene rings is 1. The SMILES string of the molecule is Cc1cc(F)cc(CNc2nc(-c3ccnn3C)c3n(c2=O)C(C(=O)NCc2cc4c(s2)CN(C(=O)OC(C)(C)C)C4)CC3)c1. The first-order valence-corrected chi connectivity index (χ1v) is 15.7.